The monoisotopic (exact) mass is 1160 g/mol. The van der Waals surface area contributed by atoms with Crippen molar-refractivity contribution in [2.75, 3.05) is 13.2 Å². The molecule has 0 aliphatic heterocycles. The molecule has 6 nitrogen and oxygen atoms in total. The zero-order chi connectivity index (χ0) is 59.9. The molecule has 6 heteroatoms. The summed E-state index contributed by atoms with van der Waals surface area (Å²) in [7, 11) is 0. The second-order valence-corrected chi connectivity index (χ2v) is 24.1. The van der Waals surface area contributed by atoms with Gasteiger partial charge in [0, 0.05) is 19.3 Å². The van der Waals surface area contributed by atoms with Gasteiger partial charge in [0.25, 0.3) is 0 Å². The lowest BCUT2D eigenvalue weighted by Crippen LogP contribution is -2.30. The largest absolute Gasteiger partial charge is 0.462 e. The van der Waals surface area contributed by atoms with Crippen molar-refractivity contribution in [2.24, 2.45) is 0 Å². The van der Waals surface area contributed by atoms with Gasteiger partial charge in [-0.25, -0.2) is 0 Å². The van der Waals surface area contributed by atoms with E-state index < -0.39 is 6.10 Å². The maximum absolute atomic E-state index is 12.9. The van der Waals surface area contributed by atoms with Crippen molar-refractivity contribution in [2.45, 2.75) is 374 Å². The third-order valence-corrected chi connectivity index (χ3v) is 15.9. The number of carbonyl (C=O) groups is 3. The van der Waals surface area contributed by atoms with E-state index in [4.69, 9.17) is 14.2 Å². The van der Waals surface area contributed by atoms with E-state index in [1.54, 1.807) is 0 Å². The molecule has 0 rings (SSSR count). The van der Waals surface area contributed by atoms with Gasteiger partial charge in [-0.3, -0.25) is 14.4 Å². The van der Waals surface area contributed by atoms with Crippen molar-refractivity contribution in [1.82, 2.24) is 0 Å². The number of allylic oxidation sites excluding steroid dienone is 14. The van der Waals surface area contributed by atoms with Crippen molar-refractivity contribution >= 4 is 17.9 Å². The van der Waals surface area contributed by atoms with Gasteiger partial charge in [0.1, 0.15) is 13.2 Å². The number of hydrogen-bond donors (Lipinski definition) is 0. The van der Waals surface area contributed by atoms with Crippen LogP contribution in [0.1, 0.15) is 367 Å². The number of unbranched alkanes of at least 4 members (excludes halogenated alkanes) is 41. The van der Waals surface area contributed by atoms with Crippen LogP contribution in [0.4, 0.5) is 0 Å². The molecule has 0 aliphatic carbocycles. The first-order valence-electron chi connectivity index (χ1n) is 36.1. The molecule has 0 aromatic heterocycles. The minimum absolute atomic E-state index is 0.107. The Morgan fingerprint density at radius 1 is 0.253 bits per heavy atom. The van der Waals surface area contributed by atoms with Crippen LogP contribution in [-0.2, 0) is 28.6 Å². The normalized spacial score (nSPS) is 12.6. The van der Waals surface area contributed by atoms with Crippen molar-refractivity contribution < 1.29 is 28.6 Å². The van der Waals surface area contributed by atoms with Crippen LogP contribution < -0.4 is 0 Å². The second kappa shape index (κ2) is 71.1. The zero-order valence-electron chi connectivity index (χ0n) is 55.2. The highest BCUT2D eigenvalue weighted by molar-refractivity contribution is 5.71. The Bertz CT molecular complexity index is 1570. The van der Waals surface area contributed by atoms with Crippen LogP contribution in [0.2, 0.25) is 0 Å². The lowest BCUT2D eigenvalue weighted by molar-refractivity contribution is -0.166. The highest BCUT2D eigenvalue weighted by Crippen LogP contribution is 2.18. The van der Waals surface area contributed by atoms with Crippen molar-refractivity contribution in [3.63, 3.8) is 0 Å². The molecule has 0 amide bonds. The van der Waals surface area contributed by atoms with E-state index in [1.807, 2.05) is 6.08 Å². The number of esters is 3. The first-order valence-corrected chi connectivity index (χ1v) is 36.1. The van der Waals surface area contributed by atoms with Gasteiger partial charge in [-0.15, -0.1) is 0 Å². The summed E-state index contributed by atoms with van der Waals surface area (Å²) in [6, 6.07) is 0. The van der Waals surface area contributed by atoms with E-state index >= 15 is 0 Å². The van der Waals surface area contributed by atoms with Gasteiger partial charge >= 0.3 is 17.9 Å². The average molecular weight is 1160 g/mol. The van der Waals surface area contributed by atoms with E-state index in [2.05, 4.69) is 99.8 Å². The molecule has 0 spiro atoms. The smallest absolute Gasteiger partial charge is 0.306 e. The maximum Gasteiger partial charge on any atom is 0.306 e. The summed E-state index contributed by atoms with van der Waals surface area (Å²) >= 11 is 0. The predicted molar refractivity (Wildman–Crippen MR) is 362 cm³/mol. The second-order valence-electron chi connectivity index (χ2n) is 24.1. The molecule has 0 saturated carbocycles. The van der Waals surface area contributed by atoms with Crippen LogP contribution in [0.15, 0.2) is 85.1 Å². The van der Waals surface area contributed by atoms with Gasteiger partial charge in [-0.05, 0) is 83.5 Å². The number of carbonyl (C=O) groups excluding carboxylic acids is 3. The van der Waals surface area contributed by atoms with Gasteiger partial charge in [0.05, 0.1) is 0 Å². The summed E-state index contributed by atoms with van der Waals surface area (Å²) in [5.41, 5.74) is 0. The molecule has 0 aromatic rings. The minimum atomic E-state index is -0.821. The Balaban J connectivity index is 4.20. The Morgan fingerprint density at radius 3 is 0.795 bits per heavy atom. The maximum atomic E-state index is 12.9. The molecule has 0 heterocycles. The topological polar surface area (TPSA) is 78.9 Å². The summed E-state index contributed by atoms with van der Waals surface area (Å²) in [6.45, 7) is 6.49. The molecule has 0 N–H and O–H groups in total. The number of rotatable bonds is 66. The molecule has 0 bridgehead atoms. The lowest BCUT2D eigenvalue weighted by Gasteiger charge is -2.18. The van der Waals surface area contributed by atoms with E-state index in [0.29, 0.717) is 19.3 Å². The summed E-state index contributed by atoms with van der Waals surface area (Å²) in [4.78, 5) is 38.3. The van der Waals surface area contributed by atoms with E-state index in [0.717, 1.165) is 89.9 Å². The number of ether oxygens (including phenoxy) is 3. The summed E-state index contributed by atoms with van der Waals surface area (Å²) in [6.07, 6.45) is 95.1. The van der Waals surface area contributed by atoms with E-state index in [-0.39, 0.29) is 37.5 Å². The van der Waals surface area contributed by atoms with Gasteiger partial charge in [0.2, 0.25) is 0 Å². The SMILES string of the molecule is CC/C=C\C/C=C\C/C=C\C/C=C\C/C=C\C/C=C\CCC(=O)OC(COC(=O)CCCCCCC/C=C\CCCCCC)COC(=O)CCCCCCCCCCCCCCCCCCCCCCCCCCCCCCCCCCC. The molecular weight excluding hydrogens is 1020 g/mol. The van der Waals surface area contributed by atoms with Crippen LogP contribution in [0.25, 0.3) is 0 Å². The fourth-order valence-electron chi connectivity index (χ4n) is 10.5. The molecule has 1 atom stereocenters. The van der Waals surface area contributed by atoms with Crippen molar-refractivity contribution in [1.29, 1.82) is 0 Å². The van der Waals surface area contributed by atoms with Crippen molar-refractivity contribution in [3.8, 4) is 0 Å². The van der Waals surface area contributed by atoms with E-state index in [9.17, 15) is 14.4 Å². The summed E-state index contributed by atoms with van der Waals surface area (Å²) in [5.74, 6) is -0.985. The Hall–Kier alpha value is -3.41. The highest BCUT2D eigenvalue weighted by atomic mass is 16.6. The van der Waals surface area contributed by atoms with Crippen LogP contribution in [0.3, 0.4) is 0 Å². The first kappa shape index (κ1) is 79.6. The Morgan fingerprint density at radius 2 is 0.494 bits per heavy atom. The van der Waals surface area contributed by atoms with Gasteiger partial charge < -0.3 is 14.2 Å². The quantitative estimate of drug-likeness (QED) is 0.0261. The molecule has 83 heavy (non-hydrogen) atoms. The van der Waals surface area contributed by atoms with Crippen LogP contribution in [0.5, 0.6) is 0 Å². The molecule has 0 saturated heterocycles. The van der Waals surface area contributed by atoms with Crippen LogP contribution >= 0.6 is 0 Å². The standard InChI is InChI=1S/C77H136O6/c1-4-7-10-13-16-19-22-25-27-29-31-32-33-34-35-36-37-38-39-40-41-42-43-44-46-47-49-52-55-58-61-64-67-70-76(79)82-73-74(72-81-75(78)69-66-63-60-57-54-51-24-21-18-15-12-9-6-3)83-77(80)71-68-65-62-59-56-53-50-48-45-30-28-26-23-20-17-14-11-8-5-2/h8,11,17,20-21,24,26,28,45,48,53,56,62,65,74H,4-7,9-10,12-16,18-19,22-23,25,27,29-44,46-47,49-52,54-55,57-61,63-64,66-73H2,1-3H3/b11-8-,20-17-,24-21-,28-26-,48-45-,56-53-,65-62-. The fraction of sp³-hybridized carbons (Fsp3) is 0.779. The van der Waals surface area contributed by atoms with Gasteiger partial charge in [-0.2, -0.15) is 0 Å². The zero-order valence-corrected chi connectivity index (χ0v) is 55.2. The fourth-order valence-corrected chi connectivity index (χ4v) is 10.5. The molecule has 0 aromatic carbocycles. The molecule has 480 valence electrons. The van der Waals surface area contributed by atoms with Crippen LogP contribution in [-0.4, -0.2) is 37.2 Å². The molecule has 1 unspecified atom stereocenters. The molecule has 0 fully saturated rings. The third kappa shape index (κ3) is 69.3. The Labute approximate surface area is 515 Å². The minimum Gasteiger partial charge on any atom is -0.462 e. The summed E-state index contributed by atoms with van der Waals surface area (Å²) in [5, 5.41) is 0. The first-order chi connectivity index (χ1) is 41.0. The van der Waals surface area contributed by atoms with Gasteiger partial charge in [-0.1, -0.05) is 350 Å². The third-order valence-electron chi connectivity index (χ3n) is 15.9. The molecular formula is C77H136O6. The molecule has 0 radical (unpaired) electrons. The molecule has 0 aliphatic rings. The lowest BCUT2D eigenvalue weighted by atomic mass is 10.0. The average Bonchev–Trinajstić information content (AvgIpc) is 3.49. The van der Waals surface area contributed by atoms with Crippen LogP contribution in [0, 0.1) is 0 Å². The van der Waals surface area contributed by atoms with E-state index in [1.165, 1.54) is 231 Å². The summed E-state index contributed by atoms with van der Waals surface area (Å²) < 4.78 is 16.9. The predicted octanol–water partition coefficient (Wildman–Crippen LogP) is 25.0. The van der Waals surface area contributed by atoms with Crippen molar-refractivity contribution in [3.05, 3.63) is 85.1 Å². The number of hydrogen-bond acceptors (Lipinski definition) is 6. The van der Waals surface area contributed by atoms with Gasteiger partial charge in [0.15, 0.2) is 6.10 Å². The highest BCUT2D eigenvalue weighted by Gasteiger charge is 2.19. The Kier molecular flexibility index (Phi) is 68.2.